The summed E-state index contributed by atoms with van der Waals surface area (Å²) in [5, 5.41) is 4.93. The summed E-state index contributed by atoms with van der Waals surface area (Å²) in [4.78, 5) is 14.1. The van der Waals surface area contributed by atoms with Crippen LogP contribution < -0.4 is 4.90 Å². The van der Waals surface area contributed by atoms with Gasteiger partial charge in [0.05, 0.1) is 6.54 Å². The van der Waals surface area contributed by atoms with Gasteiger partial charge in [-0.25, -0.2) is 9.97 Å². The highest BCUT2D eigenvalue weighted by atomic mass is 35.5. The minimum atomic E-state index is 0.330. The highest BCUT2D eigenvalue weighted by Crippen LogP contribution is 2.23. The molecule has 1 aromatic carbocycles. The number of nitrogens with zero attached hydrogens (tertiary/aromatic N) is 5. The van der Waals surface area contributed by atoms with Gasteiger partial charge in [-0.3, -0.25) is 4.90 Å². The fourth-order valence-electron chi connectivity index (χ4n) is 3.49. The molecule has 0 aliphatic carbocycles. The molecule has 29 heavy (non-hydrogen) atoms. The summed E-state index contributed by atoms with van der Waals surface area (Å²) in [5.41, 5.74) is 2.87. The Labute approximate surface area is 176 Å². The van der Waals surface area contributed by atoms with Gasteiger partial charge >= 0.3 is 0 Å². The molecule has 3 heterocycles. The molecule has 1 saturated heterocycles. The first-order valence-electron chi connectivity index (χ1n) is 10.0. The van der Waals surface area contributed by atoms with Gasteiger partial charge in [-0.05, 0) is 19.1 Å². The molecule has 6 nitrogen and oxygen atoms in total. The van der Waals surface area contributed by atoms with Crippen LogP contribution in [0.4, 0.5) is 5.82 Å². The van der Waals surface area contributed by atoms with Gasteiger partial charge in [-0.15, -0.1) is 0 Å². The second-order valence-electron chi connectivity index (χ2n) is 7.83. The van der Waals surface area contributed by atoms with Crippen molar-refractivity contribution in [3.05, 3.63) is 58.7 Å². The standard InChI is InChI=1S/C22H26ClN5O/c1-15(2)22-24-16(3)12-21(25-22)28-10-8-27(9-11-28)14-19-13-20(26-29-19)17-4-6-18(23)7-5-17/h4-7,12-13,15H,8-11,14H2,1-3H3. The molecule has 0 N–H and O–H groups in total. The first kappa shape index (κ1) is 19.9. The molecular formula is C22H26ClN5O. The molecule has 0 bridgehead atoms. The summed E-state index contributed by atoms with van der Waals surface area (Å²) in [6.07, 6.45) is 0. The third-order valence-corrected chi connectivity index (χ3v) is 5.40. The smallest absolute Gasteiger partial charge is 0.151 e. The minimum absolute atomic E-state index is 0.330. The molecule has 3 aromatic rings. The number of benzene rings is 1. The fraction of sp³-hybridized carbons (Fsp3) is 0.409. The van der Waals surface area contributed by atoms with E-state index in [2.05, 4.69) is 39.9 Å². The average molecular weight is 412 g/mol. The van der Waals surface area contributed by atoms with E-state index in [4.69, 9.17) is 21.1 Å². The molecule has 0 amide bonds. The molecule has 152 valence electrons. The van der Waals surface area contributed by atoms with E-state index in [0.717, 1.165) is 72.1 Å². The topological polar surface area (TPSA) is 58.3 Å². The molecule has 0 atom stereocenters. The molecule has 1 aliphatic rings. The zero-order valence-electron chi connectivity index (χ0n) is 17.1. The van der Waals surface area contributed by atoms with Crippen LogP contribution in [-0.2, 0) is 6.54 Å². The zero-order valence-corrected chi connectivity index (χ0v) is 17.9. The second kappa shape index (κ2) is 8.51. The van der Waals surface area contributed by atoms with Crippen molar-refractivity contribution in [3.63, 3.8) is 0 Å². The van der Waals surface area contributed by atoms with Crippen molar-refractivity contribution in [1.82, 2.24) is 20.0 Å². The zero-order chi connectivity index (χ0) is 20.4. The van der Waals surface area contributed by atoms with Crippen LogP contribution in [0.2, 0.25) is 5.02 Å². The van der Waals surface area contributed by atoms with Crippen LogP contribution in [0.15, 0.2) is 40.9 Å². The summed E-state index contributed by atoms with van der Waals surface area (Å²) in [6.45, 7) is 10.8. The van der Waals surface area contributed by atoms with E-state index in [-0.39, 0.29) is 0 Å². The highest BCUT2D eigenvalue weighted by Gasteiger charge is 2.21. The molecule has 4 rings (SSSR count). The van der Waals surface area contributed by atoms with Crippen LogP contribution >= 0.6 is 11.6 Å². The van der Waals surface area contributed by atoms with E-state index in [9.17, 15) is 0 Å². The maximum Gasteiger partial charge on any atom is 0.151 e. The monoisotopic (exact) mass is 411 g/mol. The molecule has 1 fully saturated rings. The SMILES string of the molecule is Cc1cc(N2CCN(Cc3cc(-c4ccc(Cl)cc4)no3)CC2)nc(C(C)C)n1. The Morgan fingerprint density at radius 2 is 1.76 bits per heavy atom. The molecule has 7 heteroatoms. The lowest BCUT2D eigenvalue weighted by Crippen LogP contribution is -2.46. The van der Waals surface area contributed by atoms with Gasteiger partial charge in [-0.1, -0.05) is 42.7 Å². The van der Waals surface area contributed by atoms with Crippen LogP contribution in [0, 0.1) is 6.92 Å². The van der Waals surface area contributed by atoms with Crippen LogP contribution in [0.5, 0.6) is 0 Å². The summed E-state index contributed by atoms with van der Waals surface area (Å²) in [5.74, 6) is 3.16. The van der Waals surface area contributed by atoms with Gasteiger partial charge in [0.1, 0.15) is 17.3 Å². The Bertz CT molecular complexity index is 962. The van der Waals surface area contributed by atoms with Gasteiger partial charge in [0, 0.05) is 60.5 Å². The van der Waals surface area contributed by atoms with Crippen LogP contribution in [0.1, 0.15) is 37.0 Å². The molecule has 1 aliphatic heterocycles. The van der Waals surface area contributed by atoms with E-state index in [1.54, 1.807) is 0 Å². The van der Waals surface area contributed by atoms with Crippen LogP contribution in [0.25, 0.3) is 11.3 Å². The number of halogens is 1. The highest BCUT2D eigenvalue weighted by molar-refractivity contribution is 6.30. The Hall–Kier alpha value is -2.44. The van der Waals surface area contributed by atoms with Gasteiger partial charge < -0.3 is 9.42 Å². The van der Waals surface area contributed by atoms with Crippen LogP contribution in [-0.4, -0.2) is 46.2 Å². The molecular weight excluding hydrogens is 386 g/mol. The van der Waals surface area contributed by atoms with E-state index >= 15 is 0 Å². The molecule has 2 aromatic heterocycles. The lowest BCUT2D eigenvalue weighted by atomic mass is 10.1. The Balaban J connectivity index is 1.36. The predicted octanol–water partition coefficient (Wildman–Crippen LogP) is 4.54. The van der Waals surface area contributed by atoms with Crippen molar-refractivity contribution < 1.29 is 4.52 Å². The summed E-state index contributed by atoms with van der Waals surface area (Å²) in [6, 6.07) is 11.7. The summed E-state index contributed by atoms with van der Waals surface area (Å²) in [7, 11) is 0. The number of aromatic nitrogens is 3. The van der Waals surface area contributed by atoms with Crippen molar-refractivity contribution >= 4 is 17.4 Å². The van der Waals surface area contributed by atoms with Gasteiger partial charge in [0.25, 0.3) is 0 Å². The largest absolute Gasteiger partial charge is 0.359 e. The number of aryl methyl sites for hydroxylation is 1. The van der Waals surface area contributed by atoms with E-state index in [0.29, 0.717) is 5.92 Å². The first-order chi connectivity index (χ1) is 14.0. The number of hydrogen-bond acceptors (Lipinski definition) is 6. The third-order valence-electron chi connectivity index (χ3n) is 5.15. The second-order valence-corrected chi connectivity index (χ2v) is 8.27. The maximum absolute atomic E-state index is 5.96. The predicted molar refractivity (Wildman–Crippen MR) is 115 cm³/mol. The minimum Gasteiger partial charge on any atom is -0.359 e. The Morgan fingerprint density at radius 3 is 2.45 bits per heavy atom. The number of piperazine rings is 1. The molecule has 0 radical (unpaired) electrons. The molecule has 0 spiro atoms. The lowest BCUT2D eigenvalue weighted by molar-refractivity contribution is 0.219. The Kier molecular flexibility index (Phi) is 5.83. The fourth-order valence-corrected chi connectivity index (χ4v) is 3.62. The van der Waals surface area contributed by atoms with E-state index < -0.39 is 0 Å². The maximum atomic E-state index is 5.96. The van der Waals surface area contributed by atoms with Gasteiger partial charge in [0.2, 0.25) is 0 Å². The van der Waals surface area contributed by atoms with E-state index in [1.807, 2.05) is 37.3 Å². The van der Waals surface area contributed by atoms with Crippen molar-refractivity contribution in [3.8, 4) is 11.3 Å². The molecule has 0 unspecified atom stereocenters. The Morgan fingerprint density at radius 1 is 1.03 bits per heavy atom. The van der Waals surface area contributed by atoms with Gasteiger partial charge in [-0.2, -0.15) is 0 Å². The summed E-state index contributed by atoms with van der Waals surface area (Å²) < 4.78 is 5.56. The number of anilines is 1. The van der Waals surface area contributed by atoms with Crippen LogP contribution in [0.3, 0.4) is 0 Å². The molecule has 0 saturated carbocycles. The van der Waals surface area contributed by atoms with Crippen molar-refractivity contribution in [2.45, 2.75) is 33.2 Å². The van der Waals surface area contributed by atoms with Gasteiger partial charge in [0.15, 0.2) is 5.76 Å². The quantitative estimate of drug-likeness (QED) is 0.614. The number of rotatable bonds is 5. The third kappa shape index (κ3) is 4.77. The van der Waals surface area contributed by atoms with Crippen molar-refractivity contribution in [2.24, 2.45) is 0 Å². The first-order valence-corrected chi connectivity index (χ1v) is 10.4. The summed E-state index contributed by atoms with van der Waals surface area (Å²) >= 11 is 5.96. The lowest BCUT2D eigenvalue weighted by Gasteiger charge is -2.35. The van der Waals surface area contributed by atoms with E-state index in [1.165, 1.54) is 0 Å². The van der Waals surface area contributed by atoms with Crippen molar-refractivity contribution in [2.75, 3.05) is 31.1 Å². The number of hydrogen-bond donors (Lipinski definition) is 0. The van der Waals surface area contributed by atoms with Crippen molar-refractivity contribution in [1.29, 1.82) is 0 Å². The average Bonchev–Trinajstić information content (AvgIpc) is 3.17. The normalized spacial score (nSPS) is 15.3.